The minimum Gasteiger partial charge on any atom is -0.497 e. The number of carbonyl (C=O) groups is 2. The Bertz CT molecular complexity index is 1020. The van der Waals surface area contributed by atoms with E-state index in [1.54, 1.807) is 14.0 Å². The number of hydrogen-bond acceptors (Lipinski definition) is 8. The molecule has 0 amide bonds. The van der Waals surface area contributed by atoms with Gasteiger partial charge >= 0.3 is 0 Å². The number of aryl methyl sites for hydroxylation is 1. The standard InChI is InChI=1S/C19H19BrN4O3S/c1-4-13(25)14(20)16(26)15-17(24-19-18(23-15)22-10(2)28-19)21-9-11-5-7-12(27-3)8-6-11/h5-8,14H,4,9H2,1-3H3,(H,21,24). The number of fused-ring (bicyclic) bond motifs is 1. The first kappa shape index (κ1) is 20.3. The first-order valence-electron chi connectivity index (χ1n) is 8.66. The maximum absolute atomic E-state index is 12.9. The summed E-state index contributed by atoms with van der Waals surface area (Å²) in [4.78, 5) is 37.8. The molecule has 0 saturated carbocycles. The fraction of sp³-hybridized carbons (Fsp3) is 0.316. The Kier molecular flexibility index (Phi) is 6.35. The number of benzene rings is 1. The number of nitrogens with one attached hydrogen (secondary N) is 1. The molecule has 0 radical (unpaired) electrons. The molecule has 7 nitrogen and oxygen atoms in total. The van der Waals surface area contributed by atoms with E-state index in [1.165, 1.54) is 11.3 Å². The predicted octanol–water partition coefficient (Wildman–Crippen LogP) is 3.94. The number of methoxy groups -OCH3 is 1. The van der Waals surface area contributed by atoms with Gasteiger partial charge in [0, 0.05) is 13.0 Å². The zero-order valence-electron chi connectivity index (χ0n) is 15.7. The zero-order valence-corrected chi connectivity index (χ0v) is 18.1. The molecule has 1 aromatic carbocycles. The molecule has 0 bridgehead atoms. The van der Waals surface area contributed by atoms with Crippen LogP contribution in [0.3, 0.4) is 0 Å². The topological polar surface area (TPSA) is 94.1 Å². The fourth-order valence-electron chi connectivity index (χ4n) is 2.53. The molecule has 1 atom stereocenters. The van der Waals surface area contributed by atoms with Gasteiger partial charge in [0.25, 0.3) is 0 Å². The van der Waals surface area contributed by atoms with Crippen LogP contribution in [0.4, 0.5) is 5.82 Å². The van der Waals surface area contributed by atoms with Crippen LogP contribution in [0, 0.1) is 6.92 Å². The highest BCUT2D eigenvalue weighted by molar-refractivity contribution is 9.10. The summed E-state index contributed by atoms with van der Waals surface area (Å²) >= 11 is 4.60. The van der Waals surface area contributed by atoms with Crippen LogP contribution in [-0.4, -0.2) is 38.5 Å². The number of nitrogens with zero attached hydrogens (tertiary/aromatic N) is 3. The molecule has 1 N–H and O–H groups in total. The highest BCUT2D eigenvalue weighted by Gasteiger charge is 2.28. The average molecular weight is 463 g/mol. The fourth-order valence-corrected chi connectivity index (χ4v) is 3.81. The Morgan fingerprint density at radius 1 is 1.21 bits per heavy atom. The molecule has 0 aliphatic heterocycles. The van der Waals surface area contributed by atoms with E-state index < -0.39 is 10.6 Å². The van der Waals surface area contributed by atoms with Crippen LogP contribution in [0.2, 0.25) is 0 Å². The summed E-state index contributed by atoms with van der Waals surface area (Å²) in [7, 11) is 1.61. The van der Waals surface area contributed by atoms with Crippen LogP contribution < -0.4 is 10.1 Å². The van der Waals surface area contributed by atoms with Crippen molar-refractivity contribution in [3.63, 3.8) is 0 Å². The highest BCUT2D eigenvalue weighted by atomic mass is 79.9. The number of Topliss-reactive ketones (excluding diaryl/α,β-unsaturated/α-hetero) is 2. The Balaban J connectivity index is 1.93. The van der Waals surface area contributed by atoms with Gasteiger partial charge in [0.2, 0.25) is 5.78 Å². The second kappa shape index (κ2) is 8.74. The third-order valence-electron chi connectivity index (χ3n) is 4.07. The van der Waals surface area contributed by atoms with Crippen molar-refractivity contribution in [1.29, 1.82) is 0 Å². The van der Waals surface area contributed by atoms with Crippen molar-refractivity contribution in [2.45, 2.75) is 31.6 Å². The number of alkyl halides is 1. The maximum atomic E-state index is 12.9. The van der Waals surface area contributed by atoms with Gasteiger partial charge in [0.05, 0.1) is 12.1 Å². The van der Waals surface area contributed by atoms with E-state index in [1.807, 2.05) is 31.2 Å². The number of ether oxygens (including phenoxy) is 1. The molecule has 0 aliphatic carbocycles. The number of thiazole rings is 1. The number of carbonyl (C=O) groups excluding carboxylic acids is 2. The van der Waals surface area contributed by atoms with Gasteiger partial charge in [-0.2, -0.15) is 0 Å². The molecule has 28 heavy (non-hydrogen) atoms. The van der Waals surface area contributed by atoms with Gasteiger partial charge in [-0.25, -0.2) is 15.0 Å². The van der Waals surface area contributed by atoms with E-state index in [2.05, 4.69) is 36.2 Å². The molecule has 0 fully saturated rings. The molecular formula is C19H19BrN4O3S. The molecule has 1 unspecified atom stereocenters. The smallest absolute Gasteiger partial charge is 0.206 e. The van der Waals surface area contributed by atoms with E-state index in [0.717, 1.165) is 16.3 Å². The summed E-state index contributed by atoms with van der Waals surface area (Å²) in [5.41, 5.74) is 1.50. The minimum absolute atomic E-state index is 0.106. The van der Waals surface area contributed by atoms with Gasteiger partial charge in [-0.1, -0.05) is 46.3 Å². The molecule has 2 aromatic heterocycles. The van der Waals surface area contributed by atoms with Crippen molar-refractivity contribution in [2.24, 2.45) is 0 Å². The number of rotatable bonds is 8. The van der Waals surface area contributed by atoms with Crippen LogP contribution in [-0.2, 0) is 11.3 Å². The van der Waals surface area contributed by atoms with E-state index in [0.29, 0.717) is 22.8 Å². The van der Waals surface area contributed by atoms with Crippen molar-refractivity contribution < 1.29 is 14.3 Å². The SMILES string of the molecule is CCC(=O)C(Br)C(=O)c1nc2nc(C)sc2nc1NCc1ccc(OC)cc1. The molecule has 2 heterocycles. The quantitative estimate of drug-likeness (QED) is 0.307. The summed E-state index contributed by atoms with van der Waals surface area (Å²) in [6.45, 7) is 4.01. The maximum Gasteiger partial charge on any atom is 0.206 e. The van der Waals surface area contributed by atoms with E-state index in [9.17, 15) is 9.59 Å². The van der Waals surface area contributed by atoms with Crippen LogP contribution in [0.25, 0.3) is 10.5 Å². The lowest BCUT2D eigenvalue weighted by molar-refractivity contribution is -0.117. The largest absolute Gasteiger partial charge is 0.497 e. The number of halogens is 1. The predicted molar refractivity (Wildman–Crippen MR) is 113 cm³/mol. The highest BCUT2D eigenvalue weighted by Crippen LogP contribution is 2.25. The minimum atomic E-state index is -0.953. The summed E-state index contributed by atoms with van der Waals surface area (Å²) in [6, 6.07) is 7.56. The van der Waals surface area contributed by atoms with Crippen molar-refractivity contribution in [3.05, 3.63) is 40.5 Å². The second-order valence-corrected chi connectivity index (χ2v) is 8.13. The van der Waals surface area contributed by atoms with Crippen LogP contribution in [0.5, 0.6) is 5.75 Å². The average Bonchev–Trinajstić information content (AvgIpc) is 3.08. The van der Waals surface area contributed by atoms with Gasteiger partial charge in [-0.3, -0.25) is 9.59 Å². The van der Waals surface area contributed by atoms with Crippen LogP contribution in [0.1, 0.15) is 34.4 Å². The number of anilines is 1. The van der Waals surface area contributed by atoms with Crippen molar-refractivity contribution in [1.82, 2.24) is 15.0 Å². The van der Waals surface area contributed by atoms with Gasteiger partial charge in [0.1, 0.15) is 10.6 Å². The Morgan fingerprint density at radius 3 is 2.57 bits per heavy atom. The van der Waals surface area contributed by atoms with Gasteiger partial charge in [0.15, 0.2) is 27.8 Å². The molecule has 3 rings (SSSR count). The first-order chi connectivity index (χ1) is 13.4. The lowest BCUT2D eigenvalue weighted by Gasteiger charge is -2.12. The summed E-state index contributed by atoms with van der Waals surface area (Å²) < 4.78 is 5.16. The van der Waals surface area contributed by atoms with Crippen molar-refractivity contribution in [3.8, 4) is 5.75 Å². The number of aromatic nitrogens is 3. The lowest BCUT2D eigenvalue weighted by Crippen LogP contribution is -2.26. The van der Waals surface area contributed by atoms with E-state index >= 15 is 0 Å². The monoisotopic (exact) mass is 462 g/mol. The summed E-state index contributed by atoms with van der Waals surface area (Å²) in [5.74, 6) is 0.470. The molecule has 0 aliphatic rings. The van der Waals surface area contributed by atoms with Crippen molar-refractivity contribution >= 4 is 55.1 Å². The second-order valence-electron chi connectivity index (χ2n) is 6.03. The Morgan fingerprint density at radius 2 is 1.93 bits per heavy atom. The number of ketones is 2. The van der Waals surface area contributed by atoms with Crippen molar-refractivity contribution in [2.75, 3.05) is 12.4 Å². The zero-order chi connectivity index (χ0) is 20.3. The number of hydrogen-bond donors (Lipinski definition) is 1. The van der Waals surface area contributed by atoms with E-state index in [-0.39, 0.29) is 17.9 Å². The normalized spacial score (nSPS) is 12.0. The van der Waals surface area contributed by atoms with Gasteiger partial charge in [-0.05, 0) is 24.6 Å². The van der Waals surface area contributed by atoms with Crippen LogP contribution >= 0.6 is 27.3 Å². The van der Waals surface area contributed by atoms with Gasteiger partial charge < -0.3 is 10.1 Å². The summed E-state index contributed by atoms with van der Waals surface area (Å²) in [6.07, 6.45) is 0.252. The van der Waals surface area contributed by atoms with Gasteiger partial charge in [-0.15, -0.1) is 0 Å². The molecule has 3 aromatic rings. The molecule has 0 spiro atoms. The Hall–Kier alpha value is -2.39. The molecule has 0 saturated heterocycles. The first-order valence-corrected chi connectivity index (χ1v) is 10.4. The molecule has 146 valence electrons. The Labute approximate surface area is 174 Å². The van der Waals surface area contributed by atoms with Crippen LogP contribution in [0.15, 0.2) is 24.3 Å². The third kappa shape index (κ3) is 4.36. The summed E-state index contributed by atoms with van der Waals surface area (Å²) in [5, 5.41) is 3.98. The third-order valence-corrected chi connectivity index (χ3v) is 5.85. The molecular weight excluding hydrogens is 444 g/mol. The van der Waals surface area contributed by atoms with E-state index in [4.69, 9.17) is 4.74 Å². The molecule has 9 heteroatoms. The lowest BCUT2D eigenvalue weighted by atomic mass is 10.1.